The van der Waals surface area contributed by atoms with Crippen LogP contribution in [0.3, 0.4) is 0 Å². The zero-order valence-corrected chi connectivity index (χ0v) is 15.0. The van der Waals surface area contributed by atoms with Gasteiger partial charge in [-0.25, -0.2) is 0 Å². The minimum atomic E-state index is -0.681. The Balaban J connectivity index is 2.00. The lowest BCUT2D eigenvalue weighted by molar-refractivity contribution is -0.386. The van der Waals surface area contributed by atoms with E-state index in [-0.39, 0.29) is 5.75 Å². The van der Waals surface area contributed by atoms with Gasteiger partial charge in [-0.3, -0.25) is 15.5 Å². The number of phenolic OH excluding ortho intramolecular Hbond substituents is 1. The Kier molecular flexibility index (Phi) is 6.51. The lowest BCUT2D eigenvalue weighted by Gasteiger charge is -2.30. The Hall–Kier alpha value is -2.42. The molecule has 0 aliphatic heterocycles. The Morgan fingerprint density at radius 3 is 2.84 bits per heavy atom. The molecule has 1 aromatic rings. The van der Waals surface area contributed by atoms with Gasteiger partial charge in [-0.1, -0.05) is 19.8 Å². The topological polar surface area (TPSA) is 109 Å². The van der Waals surface area contributed by atoms with Crippen molar-refractivity contribution in [3.8, 4) is 11.5 Å². The number of nitrogens with one attached hydrogen (secondary N) is 2. The summed E-state index contributed by atoms with van der Waals surface area (Å²) in [5.74, 6) is 0.0509. The summed E-state index contributed by atoms with van der Waals surface area (Å²) < 4.78 is 4.94. The summed E-state index contributed by atoms with van der Waals surface area (Å²) in [5, 5.41) is 28.4. The highest BCUT2D eigenvalue weighted by atomic mass is 32.1. The lowest BCUT2D eigenvalue weighted by Crippen LogP contribution is -2.44. The van der Waals surface area contributed by atoms with Gasteiger partial charge in [-0.2, -0.15) is 5.10 Å². The molecule has 0 aromatic heterocycles. The number of ether oxygens (including phenoxy) is 1. The van der Waals surface area contributed by atoms with E-state index in [1.54, 1.807) is 0 Å². The number of hydrazone groups is 1. The number of nitro benzene ring substituents is 1. The quantitative estimate of drug-likeness (QED) is 0.318. The van der Waals surface area contributed by atoms with Crippen LogP contribution in [-0.4, -0.2) is 34.5 Å². The minimum Gasteiger partial charge on any atom is -0.500 e. The molecule has 1 aliphatic rings. The number of aromatic hydroxyl groups is 1. The van der Waals surface area contributed by atoms with Crippen molar-refractivity contribution < 1.29 is 14.8 Å². The van der Waals surface area contributed by atoms with Crippen LogP contribution < -0.4 is 15.5 Å². The van der Waals surface area contributed by atoms with Crippen LogP contribution in [0.2, 0.25) is 0 Å². The van der Waals surface area contributed by atoms with Crippen LogP contribution in [0.4, 0.5) is 5.69 Å². The summed E-state index contributed by atoms with van der Waals surface area (Å²) in [4.78, 5) is 10.3. The van der Waals surface area contributed by atoms with Gasteiger partial charge in [-0.15, -0.1) is 0 Å². The van der Waals surface area contributed by atoms with E-state index >= 15 is 0 Å². The van der Waals surface area contributed by atoms with Crippen LogP contribution in [-0.2, 0) is 0 Å². The number of benzene rings is 1. The first kappa shape index (κ1) is 18.9. The molecular formula is C16H22N4O4S. The lowest BCUT2D eigenvalue weighted by atomic mass is 9.86. The molecule has 2 rings (SSSR count). The molecule has 25 heavy (non-hydrogen) atoms. The molecule has 1 saturated carbocycles. The molecule has 0 unspecified atom stereocenters. The van der Waals surface area contributed by atoms with Gasteiger partial charge in [0.2, 0.25) is 5.75 Å². The number of phenols is 1. The van der Waals surface area contributed by atoms with Crippen molar-refractivity contribution in [2.24, 2.45) is 11.0 Å². The molecule has 0 amide bonds. The fourth-order valence-corrected chi connectivity index (χ4v) is 3.08. The summed E-state index contributed by atoms with van der Waals surface area (Å²) in [6.07, 6.45) is 6.08. The first-order chi connectivity index (χ1) is 11.9. The summed E-state index contributed by atoms with van der Waals surface area (Å²) in [6.45, 7) is 2.20. The normalized spacial score (nSPS) is 20.2. The van der Waals surface area contributed by atoms with E-state index in [0.717, 1.165) is 6.42 Å². The van der Waals surface area contributed by atoms with E-state index in [4.69, 9.17) is 17.0 Å². The number of nitro groups is 1. The molecule has 3 N–H and O–H groups in total. The molecule has 1 fully saturated rings. The van der Waals surface area contributed by atoms with Gasteiger partial charge < -0.3 is 15.2 Å². The predicted octanol–water partition coefficient (Wildman–Crippen LogP) is 2.69. The fourth-order valence-electron chi connectivity index (χ4n) is 2.88. The molecule has 0 saturated heterocycles. The van der Waals surface area contributed by atoms with Crippen molar-refractivity contribution in [2.75, 3.05) is 7.11 Å². The molecule has 1 aliphatic carbocycles. The van der Waals surface area contributed by atoms with Gasteiger partial charge >= 0.3 is 5.69 Å². The van der Waals surface area contributed by atoms with Crippen LogP contribution in [0.15, 0.2) is 17.2 Å². The number of thiocarbonyl (C=S) groups is 1. The maximum absolute atomic E-state index is 11.0. The average Bonchev–Trinajstić information content (AvgIpc) is 2.58. The predicted molar refractivity (Wildman–Crippen MR) is 99.2 cm³/mol. The monoisotopic (exact) mass is 366 g/mol. The van der Waals surface area contributed by atoms with Crippen LogP contribution in [0.1, 0.15) is 38.2 Å². The smallest absolute Gasteiger partial charge is 0.315 e. The van der Waals surface area contributed by atoms with Crippen LogP contribution in [0.25, 0.3) is 0 Å². The van der Waals surface area contributed by atoms with Crippen molar-refractivity contribution in [1.29, 1.82) is 0 Å². The summed E-state index contributed by atoms with van der Waals surface area (Å²) in [6, 6.07) is 2.99. The highest BCUT2D eigenvalue weighted by Gasteiger charge is 2.21. The second-order valence-corrected chi connectivity index (χ2v) is 6.47. The number of hydrogen-bond donors (Lipinski definition) is 3. The summed E-state index contributed by atoms with van der Waals surface area (Å²) in [5.41, 5.74) is 2.67. The van der Waals surface area contributed by atoms with E-state index in [2.05, 4.69) is 22.8 Å². The number of rotatable bonds is 5. The highest BCUT2D eigenvalue weighted by Crippen LogP contribution is 2.36. The molecule has 9 heteroatoms. The zero-order valence-electron chi connectivity index (χ0n) is 14.2. The Morgan fingerprint density at radius 2 is 2.20 bits per heavy atom. The Labute approximate surface area is 151 Å². The van der Waals surface area contributed by atoms with E-state index in [9.17, 15) is 15.2 Å². The molecule has 1 aromatic carbocycles. The van der Waals surface area contributed by atoms with Gasteiger partial charge in [0.25, 0.3) is 0 Å². The van der Waals surface area contributed by atoms with Gasteiger partial charge in [0.05, 0.1) is 18.2 Å². The second kappa shape index (κ2) is 8.61. The molecule has 8 nitrogen and oxygen atoms in total. The largest absolute Gasteiger partial charge is 0.500 e. The second-order valence-electron chi connectivity index (χ2n) is 6.06. The fraction of sp³-hybridized carbons (Fsp3) is 0.500. The molecule has 0 radical (unpaired) electrons. The van der Waals surface area contributed by atoms with Gasteiger partial charge in [0.1, 0.15) is 0 Å². The molecule has 0 spiro atoms. The van der Waals surface area contributed by atoms with Crippen LogP contribution >= 0.6 is 12.2 Å². The maximum Gasteiger partial charge on any atom is 0.315 e. The SMILES string of the molecule is COc1cc(/C=N\NC(=S)N[C@H]2CCCC[C@H]2C)cc([N+](=O)[O-])c1O. The zero-order chi connectivity index (χ0) is 18.4. The van der Waals surface area contributed by atoms with Gasteiger partial charge in [0, 0.05) is 17.7 Å². The van der Waals surface area contributed by atoms with E-state index in [0.29, 0.717) is 22.6 Å². The number of methoxy groups -OCH3 is 1. The first-order valence-electron chi connectivity index (χ1n) is 8.07. The molecular weight excluding hydrogens is 344 g/mol. The van der Waals surface area contributed by atoms with Crippen molar-refractivity contribution >= 4 is 29.2 Å². The average molecular weight is 366 g/mol. The van der Waals surface area contributed by atoms with Crippen molar-refractivity contribution in [2.45, 2.75) is 38.6 Å². The highest BCUT2D eigenvalue weighted by molar-refractivity contribution is 7.80. The van der Waals surface area contributed by atoms with Crippen molar-refractivity contribution in [3.05, 3.63) is 27.8 Å². The van der Waals surface area contributed by atoms with Crippen molar-refractivity contribution in [1.82, 2.24) is 10.7 Å². The van der Waals surface area contributed by atoms with Crippen LogP contribution in [0.5, 0.6) is 11.5 Å². The third kappa shape index (κ3) is 5.02. The van der Waals surface area contributed by atoms with E-state index in [1.165, 1.54) is 44.7 Å². The van der Waals surface area contributed by atoms with Crippen molar-refractivity contribution in [3.63, 3.8) is 0 Å². The summed E-state index contributed by atoms with van der Waals surface area (Å²) >= 11 is 5.23. The third-order valence-corrected chi connectivity index (χ3v) is 4.51. The van der Waals surface area contributed by atoms with Gasteiger partial charge in [0.15, 0.2) is 10.9 Å². The molecule has 0 bridgehead atoms. The minimum absolute atomic E-state index is 0.00684. The number of hydrogen-bond acceptors (Lipinski definition) is 6. The standard InChI is InChI=1S/C16H22N4O4S/c1-10-5-3-4-6-12(10)18-16(25)19-17-9-11-7-13(20(22)23)15(21)14(8-11)24-2/h7-10,12,21H,3-6H2,1-2H3,(H2,18,19,25)/b17-9-/t10-,12+/m1/s1. The summed E-state index contributed by atoms with van der Waals surface area (Å²) in [7, 11) is 1.32. The number of nitrogens with zero attached hydrogens (tertiary/aromatic N) is 2. The Morgan fingerprint density at radius 1 is 1.48 bits per heavy atom. The molecule has 136 valence electrons. The molecule has 2 atom stereocenters. The molecule has 0 heterocycles. The third-order valence-electron chi connectivity index (χ3n) is 4.30. The van der Waals surface area contributed by atoms with E-state index < -0.39 is 16.4 Å². The van der Waals surface area contributed by atoms with Crippen LogP contribution in [0, 0.1) is 16.0 Å². The Bertz CT molecular complexity index is 680. The van der Waals surface area contributed by atoms with E-state index in [1.807, 2.05) is 0 Å². The van der Waals surface area contributed by atoms with Gasteiger partial charge in [-0.05, 0) is 37.0 Å². The first-order valence-corrected chi connectivity index (χ1v) is 8.48. The maximum atomic E-state index is 11.0.